The van der Waals surface area contributed by atoms with Crippen LogP contribution in [-0.2, 0) is 25.7 Å². The minimum absolute atomic E-state index is 0.0249. The summed E-state index contributed by atoms with van der Waals surface area (Å²) in [5.41, 5.74) is 0.998. The van der Waals surface area contributed by atoms with Crippen LogP contribution in [0.4, 0.5) is 0 Å². The van der Waals surface area contributed by atoms with E-state index in [-0.39, 0.29) is 36.2 Å². The first-order valence-corrected chi connectivity index (χ1v) is 13.7. The van der Waals surface area contributed by atoms with E-state index >= 15 is 0 Å². The molecule has 194 valence electrons. The lowest BCUT2D eigenvalue weighted by atomic mass is 9.71. The van der Waals surface area contributed by atoms with Crippen LogP contribution in [0.15, 0.2) is 55.6 Å². The molecule has 1 spiro atoms. The number of fused-ring (bicyclic) bond motifs is 1. The maximum atomic E-state index is 14.2. The molecular weight excluding hydrogens is 476 g/mol. The summed E-state index contributed by atoms with van der Waals surface area (Å²) in [5, 5.41) is 9.48. The molecule has 0 radical (unpaired) electrons. The van der Waals surface area contributed by atoms with Gasteiger partial charge >= 0.3 is 5.97 Å². The van der Waals surface area contributed by atoms with Crippen LogP contribution in [0, 0.1) is 11.8 Å². The first-order valence-electron chi connectivity index (χ1n) is 12.8. The highest BCUT2D eigenvalue weighted by atomic mass is 32.2. The van der Waals surface area contributed by atoms with Gasteiger partial charge in [0.1, 0.15) is 6.04 Å². The molecule has 1 aromatic rings. The Morgan fingerprint density at radius 1 is 1.22 bits per heavy atom. The number of ether oxygens (including phenoxy) is 1. The number of amides is 2. The van der Waals surface area contributed by atoms with E-state index in [0.717, 1.165) is 18.4 Å². The van der Waals surface area contributed by atoms with Crippen molar-refractivity contribution in [3.8, 4) is 0 Å². The predicted molar refractivity (Wildman–Crippen MR) is 140 cm³/mol. The smallest absolute Gasteiger partial charge is 0.310 e. The monoisotopic (exact) mass is 512 g/mol. The second kappa shape index (κ2) is 11.6. The molecule has 36 heavy (non-hydrogen) atoms. The summed E-state index contributed by atoms with van der Waals surface area (Å²) in [5.74, 6) is -1.75. The average molecular weight is 513 g/mol. The zero-order chi connectivity index (χ0) is 25.7. The lowest BCUT2D eigenvalue weighted by Gasteiger charge is -2.37. The fourth-order valence-corrected chi connectivity index (χ4v) is 8.24. The Bertz CT molecular complexity index is 985. The molecule has 2 unspecified atom stereocenters. The number of aliphatic hydroxyl groups excluding tert-OH is 1. The summed E-state index contributed by atoms with van der Waals surface area (Å²) in [7, 11) is 0. The van der Waals surface area contributed by atoms with E-state index < -0.39 is 22.6 Å². The van der Waals surface area contributed by atoms with Crippen LogP contribution in [0.5, 0.6) is 0 Å². The molecular formula is C28H36N2O5S. The van der Waals surface area contributed by atoms with Crippen LogP contribution < -0.4 is 0 Å². The Kier molecular flexibility index (Phi) is 8.57. The molecule has 3 aliphatic rings. The third-order valence-electron chi connectivity index (χ3n) is 7.54. The van der Waals surface area contributed by atoms with Gasteiger partial charge in [0.15, 0.2) is 0 Å². The number of benzene rings is 1. The van der Waals surface area contributed by atoms with Gasteiger partial charge in [-0.2, -0.15) is 0 Å². The molecule has 3 aliphatic heterocycles. The van der Waals surface area contributed by atoms with Crippen LogP contribution in [0.25, 0.3) is 0 Å². The van der Waals surface area contributed by atoms with Gasteiger partial charge in [0, 0.05) is 31.5 Å². The molecule has 0 saturated carbocycles. The van der Waals surface area contributed by atoms with E-state index in [9.17, 15) is 19.5 Å². The summed E-state index contributed by atoms with van der Waals surface area (Å²) in [6, 6.07) is 9.08. The second-order valence-electron chi connectivity index (χ2n) is 9.76. The Hall–Kier alpha value is -2.58. The van der Waals surface area contributed by atoms with Crippen molar-refractivity contribution in [2.24, 2.45) is 11.8 Å². The van der Waals surface area contributed by atoms with Crippen molar-refractivity contribution in [1.29, 1.82) is 0 Å². The fraction of sp³-hybridized carbons (Fsp3) is 0.536. The lowest BCUT2D eigenvalue weighted by molar-refractivity contribution is -0.154. The predicted octanol–water partition coefficient (Wildman–Crippen LogP) is 3.18. The quantitative estimate of drug-likeness (QED) is 0.248. The molecule has 3 heterocycles. The largest absolute Gasteiger partial charge is 0.465 e. The number of allylic oxidation sites excluding steroid dienone is 1. The number of hydrogen-bond donors (Lipinski definition) is 1. The summed E-state index contributed by atoms with van der Waals surface area (Å²) >= 11 is 1.63. The van der Waals surface area contributed by atoms with Gasteiger partial charge in [-0.1, -0.05) is 42.5 Å². The molecule has 7 nitrogen and oxygen atoms in total. The van der Waals surface area contributed by atoms with E-state index in [1.54, 1.807) is 33.7 Å². The van der Waals surface area contributed by atoms with Crippen molar-refractivity contribution < 1.29 is 24.2 Å². The van der Waals surface area contributed by atoms with Crippen molar-refractivity contribution in [3.05, 3.63) is 61.2 Å². The van der Waals surface area contributed by atoms with Crippen LogP contribution >= 0.6 is 11.8 Å². The fourth-order valence-electron chi connectivity index (χ4n) is 6.04. The molecule has 4 rings (SSSR count). The molecule has 3 saturated heterocycles. The lowest BCUT2D eigenvalue weighted by Crippen LogP contribution is -2.54. The van der Waals surface area contributed by atoms with Crippen molar-refractivity contribution >= 4 is 29.5 Å². The van der Waals surface area contributed by atoms with Gasteiger partial charge in [-0.05, 0) is 37.7 Å². The number of carbonyl (C=O) groups is 3. The molecule has 1 aromatic carbocycles. The van der Waals surface area contributed by atoms with Crippen molar-refractivity contribution in [1.82, 2.24) is 9.80 Å². The van der Waals surface area contributed by atoms with E-state index in [1.165, 1.54) is 0 Å². The van der Waals surface area contributed by atoms with Crippen LogP contribution in [0.3, 0.4) is 0 Å². The zero-order valence-corrected chi connectivity index (χ0v) is 21.5. The van der Waals surface area contributed by atoms with Crippen molar-refractivity contribution in [2.75, 3.05) is 26.3 Å². The van der Waals surface area contributed by atoms with E-state index in [1.807, 2.05) is 30.3 Å². The number of hydrogen-bond acceptors (Lipinski definition) is 6. The molecule has 0 aliphatic carbocycles. The topological polar surface area (TPSA) is 87.2 Å². The summed E-state index contributed by atoms with van der Waals surface area (Å²) in [6.07, 6.45) is 6.81. The van der Waals surface area contributed by atoms with Gasteiger partial charge in [-0.15, -0.1) is 24.9 Å². The number of esters is 1. The Morgan fingerprint density at radius 3 is 2.69 bits per heavy atom. The van der Waals surface area contributed by atoms with Gasteiger partial charge in [-0.25, -0.2) is 0 Å². The van der Waals surface area contributed by atoms with E-state index in [4.69, 9.17) is 4.74 Å². The molecule has 3 fully saturated rings. The number of unbranched alkanes of at least 4 members (excludes halogenated alkanes) is 1. The summed E-state index contributed by atoms with van der Waals surface area (Å²) in [6.45, 7) is 8.81. The highest BCUT2D eigenvalue weighted by molar-refractivity contribution is 8.02. The third-order valence-corrected chi connectivity index (χ3v) is 9.49. The van der Waals surface area contributed by atoms with Gasteiger partial charge in [0.2, 0.25) is 11.8 Å². The van der Waals surface area contributed by atoms with E-state index in [2.05, 4.69) is 13.2 Å². The van der Waals surface area contributed by atoms with E-state index in [0.29, 0.717) is 39.0 Å². The maximum absolute atomic E-state index is 14.2. The molecule has 1 N–H and O–H groups in total. The van der Waals surface area contributed by atoms with Crippen LogP contribution in [0.1, 0.15) is 37.7 Å². The highest BCUT2D eigenvalue weighted by Crippen LogP contribution is 2.66. The Labute approximate surface area is 217 Å². The Morgan fingerprint density at radius 2 is 2.00 bits per heavy atom. The summed E-state index contributed by atoms with van der Waals surface area (Å²) < 4.78 is 4.93. The number of aliphatic hydroxyl groups is 1. The minimum atomic E-state index is -0.682. The molecule has 5 atom stereocenters. The standard InChI is InChI=1S/C28H36N2O5S/c1-3-5-9-18-35-27(34)22-21-13-14-28(36-21)23(22)25(32)30(16-10-17-31)24(28)26(33)29(15-4-2)19-20-11-7-6-8-12-20/h3-4,6-8,11-12,21-24,31H,1-2,5,9-10,13-19H2/t21-,22+,23-,24?,28?/m0/s1. The normalized spacial score (nSPS) is 28.1. The molecule has 0 aromatic heterocycles. The molecule has 2 bridgehead atoms. The first kappa shape index (κ1) is 26.5. The number of carbonyl (C=O) groups excluding carboxylic acids is 3. The maximum Gasteiger partial charge on any atom is 0.310 e. The SMILES string of the molecule is C=CCCCOC(=O)[C@@H]1[C@@H]2CCC3(S2)C(C(=O)N(CC=C)Cc2ccccc2)N(CCCO)C(=O)[C@H]13. The van der Waals surface area contributed by atoms with Gasteiger partial charge in [-0.3, -0.25) is 14.4 Å². The van der Waals surface area contributed by atoms with Gasteiger partial charge < -0.3 is 19.6 Å². The minimum Gasteiger partial charge on any atom is -0.465 e. The van der Waals surface area contributed by atoms with Gasteiger partial charge in [0.25, 0.3) is 0 Å². The highest BCUT2D eigenvalue weighted by Gasteiger charge is 2.74. The van der Waals surface area contributed by atoms with Gasteiger partial charge in [0.05, 0.1) is 23.2 Å². The Balaban J connectivity index is 1.63. The van der Waals surface area contributed by atoms with Crippen LogP contribution in [-0.4, -0.2) is 75.0 Å². The number of thioether (sulfide) groups is 1. The zero-order valence-electron chi connectivity index (χ0n) is 20.7. The average Bonchev–Trinajstić information content (AvgIpc) is 3.52. The number of nitrogens with zero attached hydrogens (tertiary/aromatic N) is 2. The number of likely N-dealkylation sites (tertiary alicyclic amines) is 1. The molecule has 8 heteroatoms. The first-order chi connectivity index (χ1) is 17.5. The summed E-state index contributed by atoms with van der Waals surface area (Å²) in [4.78, 5) is 44.6. The van der Waals surface area contributed by atoms with Crippen LogP contribution in [0.2, 0.25) is 0 Å². The van der Waals surface area contributed by atoms with Crippen molar-refractivity contribution in [2.45, 2.75) is 54.7 Å². The molecule has 2 amide bonds. The third kappa shape index (κ3) is 4.85. The number of rotatable bonds is 13. The van der Waals surface area contributed by atoms with Crippen molar-refractivity contribution in [3.63, 3.8) is 0 Å². The second-order valence-corrected chi connectivity index (χ2v) is 11.4.